The lowest BCUT2D eigenvalue weighted by atomic mass is 10.2. The molecule has 0 saturated heterocycles. The maximum absolute atomic E-state index is 10.9. The van der Waals surface area contributed by atoms with Crippen LogP contribution in [0.1, 0.15) is 5.56 Å². The normalized spacial score (nSPS) is 9.85. The number of benzene rings is 2. The molecule has 0 heterocycles. The minimum Gasteiger partial charge on any atom is -0.332 e. The fourth-order valence-corrected chi connectivity index (χ4v) is 1.89. The van der Waals surface area contributed by atoms with Crippen LogP contribution in [0.4, 0.5) is 17.1 Å². The van der Waals surface area contributed by atoms with Gasteiger partial charge >= 0.3 is 0 Å². The summed E-state index contributed by atoms with van der Waals surface area (Å²) in [6.07, 6.45) is 0. The smallest absolute Gasteiger partial charge is 0.292 e. The van der Waals surface area contributed by atoms with Crippen molar-refractivity contribution >= 4 is 34.4 Å². The van der Waals surface area contributed by atoms with Crippen LogP contribution in [-0.2, 0) is 0 Å². The predicted molar refractivity (Wildman–Crippen MR) is 84.1 cm³/mol. The fraction of sp³-hybridized carbons (Fsp3) is 0.0714. The number of para-hydroxylation sites is 2. The highest BCUT2D eigenvalue weighted by Gasteiger charge is 2.13. The molecule has 5 nitrogen and oxygen atoms in total. The number of hydrogen-bond donors (Lipinski definition) is 2. The minimum atomic E-state index is -0.448. The van der Waals surface area contributed by atoms with Gasteiger partial charge in [-0.1, -0.05) is 29.8 Å². The Balaban J connectivity index is 2.08. The van der Waals surface area contributed by atoms with E-state index in [1.54, 1.807) is 18.2 Å². The topological polar surface area (TPSA) is 67.2 Å². The maximum atomic E-state index is 10.9. The SMILES string of the molecule is Cc1ccc(NC(=S)Nc2ccccc2[N+](=O)[O-])cc1. The van der Waals surface area contributed by atoms with Crippen molar-refractivity contribution in [2.75, 3.05) is 10.6 Å². The molecule has 0 amide bonds. The fourth-order valence-electron chi connectivity index (χ4n) is 1.66. The summed E-state index contributed by atoms with van der Waals surface area (Å²) in [7, 11) is 0. The highest BCUT2D eigenvalue weighted by molar-refractivity contribution is 7.80. The van der Waals surface area contributed by atoms with Crippen LogP contribution in [0.5, 0.6) is 0 Å². The molecule has 0 aliphatic rings. The number of nitro benzene ring substituents is 1. The lowest BCUT2D eigenvalue weighted by molar-refractivity contribution is -0.383. The zero-order valence-corrected chi connectivity index (χ0v) is 11.6. The van der Waals surface area contributed by atoms with Crippen molar-refractivity contribution in [3.63, 3.8) is 0 Å². The van der Waals surface area contributed by atoms with Gasteiger partial charge < -0.3 is 10.6 Å². The van der Waals surface area contributed by atoms with E-state index >= 15 is 0 Å². The largest absolute Gasteiger partial charge is 0.332 e. The summed E-state index contributed by atoms with van der Waals surface area (Å²) in [5, 5.41) is 17.0. The Labute approximate surface area is 121 Å². The van der Waals surface area contributed by atoms with Crippen LogP contribution in [0.15, 0.2) is 48.5 Å². The Bertz CT molecular complexity index is 641. The first-order chi connectivity index (χ1) is 9.56. The van der Waals surface area contributed by atoms with E-state index in [1.165, 1.54) is 6.07 Å². The molecule has 20 heavy (non-hydrogen) atoms. The van der Waals surface area contributed by atoms with E-state index in [-0.39, 0.29) is 5.69 Å². The molecule has 102 valence electrons. The molecule has 0 radical (unpaired) electrons. The third-order valence-electron chi connectivity index (χ3n) is 2.66. The predicted octanol–water partition coefficient (Wildman–Crippen LogP) is 3.71. The Morgan fingerprint density at radius 1 is 1.10 bits per heavy atom. The molecule has 0 fully saturated rings. The molecule has 0 unspecified atom stereocenters. The lowest BCUT2D eigenvalue weighted by Crippen LogP contribution is -2.19. The number of nitro groups is 1. The molecule has 2 aromatic carbocycles. The van der Waals surface area contributed by atoms with E-state index < -0.39 is 4.92 Å². The first-order valence-electron chi connectivity index (χ1n) is 5.94. The molecular weight excluding hydrogens is 274 g/mol. The molecular formula is C14H13N3O2S. The Hall–Kier alpha value is -2.47. The maximum Gasteiger partial charge on any atom is 0.292 e. The summed E-state index contributed by atoms with van der Waals surface area (Å²) >= 11 is 5.15. The van der Waals surface area contributed by atoms with Gasteiger partial charge in [0, 0.05) is 11.8 Å². The second-order valence-corrected chi connectivity index (χ2v) is 4.63. The molecule has 0 bridgehead atoms. The summed E-state index contributed by atoms with van der Waals surface area (Å²) in [5.74, 6) is 0. The first-order valence-corrected chi connectivity index (χ1v) is 6.35. The zero-order chi connectivity index (χ0) is 14.5. The number of nitrogens with one attached hydrogen (secondary N) is 2. The van der Waals surface area contributed by atoms with Crippen LogP contribution in [0.3, 0.4) is 0 Å². The number of rotatable bonds is 3. The van der Waals surface area contributed by atoms with Crippen molar-refractivity contribution in [2.24, 2.45) is 0 Å². The van der Waals surface area contributed by atoms with Gasteiger partial charge in [-0.25, -0.2) is 0 Å². The molecule has 0 saturated carbocycles. The van der Waals surface area contributed by atoms with Gasteiger partial charge in [0.2, 0.25) is 0 Å². The molecule has 0 spiro atoms. The molecule has 0 aromatic heterocycles. The van der Waals surface area contributed by atoms with Crippen molar-refractivity contribution < 1.29 is 4.92 Å². The van der Waals surface area contributed by atoms with Crippen molar-refractivity contribution in [3.05, 3.63) is 64.2 Å². The molecule has 2 N–H and O–H groups in total. The van der Waals surface area contributed by atoms with E-state index in [4.69, 9.17) is 12.2 Å². The summed E-state index contributed by atoms with van der Waals surface area (Å²) in [6.45, 7) is 1.99. The van der Waals surface area contributed by atoms with E-state index in [2.05, 4.69) is 10.6 Å². The van der Waals surface area contributed by atoms with Crippen LogP contribution in [0.25, 0.3) is 0 Å². The van der Waals surface area contributed by atoms with Gasteiger partial charge in [0.1, 0.15) is 5.69 Å². The van der Waals surface area contributed by atoms with Crippen molar-refractivity contribution in [3.8, 4) is 0 Å². The highest BCUT2D eigenvalue weighted by atomic mass is 32.1. The Kier molecular flexibility index (Phi) is 4.27. The third kappa shape index (κ3) is 3.52. The average molecular weight is 287 g/mol. The van der Waals surface area contributed by atoms with E-state index in [0.29, 0.717) is 10.8 Å². The molecule has 6 heteroatoms. The second kappa shape index (κ2) is 6.12. The summed E-state index contributed by atoms with van der Waals surface area (Å²) in [5.41, 5.74) is 2.32. The van der Waals surface area contributed by atoms with Crippen molar-refractivity contribution in [1.82, 2.24) is 0 Å². The van der Waals surface area contributed by atoms with Gasteiger partial charge in [-0.15, -0.1) is 0 Å². The van der Waals surface area contributed by atoms with Gasteiger partial charge in [-0.3, -0.25) is 10.1 Å². The minimum absolute atomic E-state index is 0.0134. The summed E-state index contributed by atoms with van der Waals surface area (Å²) in [4.78, 5) is 10.5. The molecule has 0 aliphatic heterocycles. The standard InChI is InChI=1S/C14H13N3O2S/c1-10-6-8-11(9-7-10)15-14(20)16-12-4-2-3-5-13(12)17(18)19/h2-9H,1H3,(H2,15,16,20). The Morgan fingerprint density at radius 3 is 2.40 bits per heavy atom. The van der Waals surface area contributed by atoms with E-state index in [9.17, 15) is 10.1 Å². The number of anilines is 2. The lowest BCUT2D eigenvalue weighted by Gasteiger charge is -2.10. The number of hydrogen-bond acceptors (Lipinski definition) is 3. The van der Waals surface area contributed by atoms with Crippen LogP contribution in [-0.4, -0.2) is 10.0 Å². The van der Waals surface area contributed by atoms with Gasteiger partial charge in [-0.2, -0.15) is 0 Å². The molecule has 0 atom stereocenters. The molecule has 2 rings (SSSR count). The van der Waals surface area contributed by atoms with Gasteiger partial charge in [0.05, 0.1) is 4.92 Å². The average Bonchev–Trinajstić information content (AvgIpc) is 2.41. The van der Waals surface area contributed by atoms with Gasteiger partial charge in [0.25, 0.3) is 5.69 Å². The summed E-state index contributed by atoms with van der Waals surface area (Å²) < 4.78 is 0. The van der Waals surface area contributed by atoms with Crippen LogP contribution >= 0.6 is 12.2 Å². The van der Waals surface area contributed by atoms with Crippen LogP contribution < -0.4 is 10.6 Å². The van der Waals surface area contributed by atoms with Crippen molar-refractivity contribution in [2.45, 2.75) is 6.92 Å². The summed E-state index contributed by atoms with van der Waals surface area (Å²) in [6, 6.07) is 14.1. The number of aryl methyl sites for hydroxylation is 1. The Morgan fingerprint density at radius 2 is 1.75 bits per heavy atom. The molecule has 0 aliphatic carbocycles. The second-order valence-electron chi connectivity index (χ2n) is 4.22. The van der Waals surface area contributed by atoms with Gasteiger partial charge in [-0.05, 0) is 37.3 Å². The highest BCUT2D eigenvalue weighted by Crippen LogP contribution is 2.23. The number of nitrogens with zero attached hydrogens (tertiary/aromatic N) is 1. The van der Waals surface area contributed by atoms with E-state index in [1.807, 2.05) is 31.2 Å². The monoisotopic (exact) mass is 287 g/mol. The van der Waals surface area contributed by atoms with Crippen molar-refractivity contribution in [1.29, 1.82) is 0 Å². The van der Waals surface area contributed by atoms with E-state index in [0.717, 1.165) is 11.3 Å². The van der Waals surface area contributed by atoms with Gasteiger partial charge in [0.15, 0.2) is 5.11 Å². The van der Waals surface area contributed by atoms with Crippen LogP contribution in [0.2, 0.25) is 0 Å². The zero-order valence-electron chi connectivity index (χ0n) is 10.8. The quantitative estimate of drug-likeness (QED) is 0.511. The first kappa shape index (κ1) is 14.0. The molecule has 2 aromatic rings. The third-order valence-corrected chi connectivity index (χ3v) is 2.86. The number of thiocarbonyl (C=S) groups is 1. The van der Waals surface area contributed by atoms with Crippen LogP contribution in [0, 0.1) is 17.0 Å².